The second-order valence-electron chi connectivity index (χ2n) is 8.47. The minimum atomic E-state index is -0.566. The number of carbonyl (C=O) groups excluding carboxylic acids is 2. The molecule has 164 valence electrons. The van der Waals surface area contributed by atoms with Crippen LogP contribution < -0.4 is 11.1 Å². The number of para-hydroxylation sites is 1. The molecule has 0 bridgehead atoms. The number of rotatable bonds is 7. The van der Waals surface area contributed by atoms with Gasteiger partial charge in [0.1, 0.15) is 0 Å². The number of likely N-dealkylation sites (tertiary alicyclic amines) is 1. The molecule has 32 heavy (non-hydrogen) atoms. The van der Waals surface area contributed by atoms with Crippen molar-refractivity contribution in [2.24, 2.45) is 11.7 Å². The van der Waals surface area contributed by atoms with Crippen molar-refractivity contribution in [1.82, 2.24) is 4.90 Å². The average molecular weight is 428 g/mol. The maximum Gasteiger partial charge on any atom is 0.255 e. The number of benzene rings is 3. The monoisotopic (exact) mass is 427 g/mol. The number of piperidine rings is 1. The first-order valence-electron chi connectivity index (χ1n) is 11.1. The van der Waals surface area contributed by atoms with Crippen molar-refractivity contribution in [3.8, 4) is 0 Å². The van der Waals surface area contributed by atoms with Gasteiger partial charge < -0.3 is 11.1 Å². The Kier molecular flexibility index (Phi) is 6.97. The highest BCUT2D eigenvalue weighted by Crippen LogP contribution is 2.23. The molecule has 5 heteroatoms. The molecule has 0 aliphatic carbocycles. The highest BCUT2D eigenvalue weighted by atomic mass is 16.2. The van der Waals surface area contributed by atoms with Gasteiger partial charge in [-0.15, -0.1) is 0 Å². The van der Waals surface area contributed by atoms with E-state index in [0.717, 1.165) is 32.0 Å². The van der Waals surface area contributed by atoms with E-state index >= 15 is 0 Å². The van der Waals surface area contributed by atoms with Gasteiger partial charge in [-0.1, -0.05) is 54.6 Å². The van der Waals surface area contributed by atoms with Gasteiger partial charge in [-0.25, -0.2) is 0 Å². The number of hydrogen-bond acceptors (Lipinski definition) is 3. The maximum atomic E-state index is 12.6. The summed E-state index contributed by atoms with van der Waals surface area (Å²) >= 11 is 0. The van der Waals surface area contributed by atoms with Crippen molar-refractivity contribution in [2.45, 2.75) is 25.8 Å². The van der Waals surface area contributed by atoms with Crippen LogP contribution >= 0.6 is 0 Å². The van der Waals surface area contributed by atoms with Crippen LogP contribution in [0.1, 0.15) is 44.7 Å². The molecule has 0 radical (unpaired) electrons. The van der Waals surface area contributed by atoms with E-state index in [1.54, 1.807) is 24.3 Å². The fourth-order valence-corrected chi connectivity index (χ4v) is 4.32. The molecule has 5 nitrogen and oxygen atoms in total. The van der Waals surface area contributed by atoms with Crippen molar-refractivity contribution < 1.29 is 9.59 Å². The van der Waals surface area contributed by atoms with Gasteiger partial charge in [0.15, 0.2) is 0 Å². The fraction of sp³-hybridized carbons (Fsp3) is 0.259. The standard InChI is InChI=1S/C27H29N3O2/c28-26(31)24-8-4-5-9-25(24)29-27(32)23-12-10-22(11-13-23)19-30-16-14-21(15-17-30)18-20-6-2-1-3-7-20/h1-13,21H,14-19H2,(H2,28,31)(H,29,32). The van der Waals surface area contributed by atoms with Gasteiger partial charge in [-0.3, -0.25) is 14.5 Å². The third-order valence-corrected chi connectivity index (χ3v) is 6.14. The topological polar surface area (TPSA) is 75.4 Å². The number of primary amides is 1. The van der Waals surface area contributed by atoms with Crippen LogP contribution in [0.25, 0.3) is 0 Å². The van der Waals surface area contributed by atoms with Crippen molar-refractivity contribution >= 4 is 17.5 Å². The van der Waals surface area contributed by atoms with Crippen molar-refractivity contribution in [3.05, 3.63) is 101 Å². The SMILES string of the molecule is NC(=O)c1ccccc1NC(=O)c1ccc(CN2CCC(Cc3ccccc3)CC2)cc1. The predicted molar refractivity (Wildman–Crippen MR) is 128 cm³/mol. The predicted octanol–water partition coefficient (Wildman–Crippen LogP) is 4.49. The van der Waals surface area contributed by atoms with Gasteiger partial charge in [0, 0.05) is 12.1 Å². The third kappa shape index (κ3) is 5.62. The number of amides is 2. The molecule has 3 N–H and O–H groups in total. The quantitative estimate of drug-likeness (QED) is 0.583. The lowest BCUT2D eigenvalue weighted by molar-refractivity contribution is 0.100. The summed E-state index contributed by atoms with van der Waals surface area (Å²) in [6, 6.07) is 25.2. The Hall–Kier alpha value is -3.44. The molecule has 0 saturated carbocycles. The molecular formula is C27H29N3O2. The van der Waals surface area contributed by atoms with Crippen LogP contribution in [0.3, 0.4) is 0 Å². The Labute approximate surface area is 189 Å². The summed E-state index contributed by atoms with van der Waals surface area (Å²) in [6.07, 6.45) is 3.60. The second kappa shape index (κ2) is 10.2. The number of anilines is 1. The number of carbonyl (C=O) groups is 2. The molecule has 0 atom stereocenters. The fourth-order valence-electron chi connectivity index (χ4n) is 4.32. The molecule has 1 saturated heterocycles. The lowest BCUT2D eigenvalue weighted by Crippen LogP contribution is -2.33. The van der Waals surface area contributed by atoms with Gasteiger partial charge >= 0.3 is 0 Å². The van der Waals surface area contributed by atoms with E-state index in [4.69, 9.17) is 5.73 Å². The van der Waals surface area contributed by atoms with Crippen LogP contribution in [0, 0.1) is 5.92 Å². The van der Waals surface area contributed by atoms with E-state index in [0.29, 0.717) is 16.8 Å². The molecule has 0 spiro atoms. The van der Waals surface area contributed by atoms with E-state index in [-0.39, 0.29) is 5.91 Å². The molecule has 3 aromatic rings. The van der Waals surface area contributed by atoms with Crippen molar-refractivity contribution in [1.29, 1.82) is 0 Å². The van der Waals surface area contributed by atoms with E-state index < -0.39 is 5.91 Å². The summed E-state index contributed by atoms with van der Waals surface area (Å²) in [7, 11) is 0. The first-order valence-corrected chi connectivity index (χ1v) is 11.1. The number of nitrogens with two attached hydrogens (primary N) is 1. The molecule has 1 fully saturated rings. The molecule has 0 unspecified atom stereocenters. The Bertz CT molecular complexity index is 1060. The summed E-state index contributed by atoms with van der Waals surface area (Å²) in [5.41, 5.74) is 9.29. The molecule has 0 aromatic heterocycles. The van der Waals surface area contributed by atoms with Crippen LogP contribution in [0.4, 0.5) is 5.69 Å². The lowest BCUT2D eigenvalue weighted by atomic mass is 9.90. The Balaban J connectivity index is 1.29. The summed E-state index contributed by atoms with van der Waals surface area (Å²) in [5.74, 6) is -0.0706. The molecule has 1 aliphatic heterocycles. The van der Waals surface area contributed by atoms with E-state index in [9.17, 15) is 9.59 Å². The van der Waals surface area contributed by atoms with Gasteiger partial charge in [-0.05, 0) is 73.7 Å². The normalized spacial score (nSPS) is 14.8. The number of nitrogens with one attached hydrogen (secondary N) is 1. The minimum Gasteiger partial charge on any atom is -0.366 e. The van der Waals surface area contributed by atoms with Gasteiger partial charge in [0.2, 0.25) is 0 Å². The van der Waals surface area contributed by atoms with Gasteiger partial charge in [0.25, 0.3) is 11.8 Å². The maximum absolute atomic E-state index is 12.6. The van der Waals surface area contributed by atoms with Gasteiger partial charge in [-0.2, -0.15) is 0 Å². The van der Waals surface area contributed by atoms with Crippen molar-refractivity contribution in [2.75, 3.05) is 18.4 Å². The Morgan fingerprint density at radius 2 is 1.50 bits per heavy atom. The van der Waals surface area contributed by atoms with E-state index in [1.807, 2.05) is 24.3 Å². The highest BCUT2D eigenvalue weighted by molar-refractivity contribution is 6.08. The van der Waals surface area contributed by atoms with Gasteiger partial charge in [0.05, 0.1) is 11.3 Å². The zero-order valence-corrected chi connectivity index (χ0v) is 18.2. The molecule has 4 rings (SSSR count). The minimum absolute atomic E-state index is 0.257. The molecule has 1 heterocycles. The van der Waals surface area contributed by atoms with Crippen LogP contribution in [0.15, 0.2) is 78.9 Å². The van der Waals surface area contributed by atoms with E-state index in [2.05, 4.69) is 40.5 Å². The molecule has 3 aromatic carbocycles. The summed E-state index contributed by atoms with van der Waals surface area (Å²) in [4.78, 5) is 26.6. The number of hydrogen-bond donors (Lipinski definition) is 2. The zero-order valence-electron chi connectivity index (χ0n) is 18.2. The van der Waals surface area contributed by atoms with Crippen LogP contribution in [0.2, 0.25) is 0 Å². The Morgan fingerprint density at radius 3 is 2.19 bits per heavy atom. The molecule has 1 aliphatic rings. The zero-order chi connectivity index (χ0) is 22.3. The summed E-state index contributed by atoms with van der Waals surface area (Å²) in [6.45, 7) is 3.09. The number of nitrogens with zero attached hydrogens (tertiary/aromatic N) is 1. The summed E-state index contributed by atoms with van der Waals surface area (Å²) < 4.78 is 0. The van der Waals surface area contributed by atoms with Crippen LogP contribution in [0.5, 0.6) is 0 Å². The second-order valence-corrected chi connectivity index (χ2v) is 8.47. The highest BCUT2D eigenvalue weighted by Gasteiger charge is 2.19. The smallest absolute Gasteiger partial charge is 0.255 e. The molecule has 2 amide bonds. The average Bonchev–Trinajstić information content (AvgIpc) is 2.82. The first-order chi connectivity index (χ1) is 15.6. The first kappa shape index (κ1) is 21.8. The van der Waals surface area contributed by atoms with Crippen LogP contribution in [-0.4, -0.2) is 29.8 Å². The largest absolute Gasteiger partial charge is 0.366 e. The lowest BCUT2D eigenvalue weighted by Gasteiger charge is -2.32. The third-order valence-electron chi connectivity index (χ3n) is 6.14. The summed E-state index contributed by atoms with van der Waals surface area (Å²) in [5, 5.41) is 2.78. The van der Waals surface area contributed by atoms with E-state index in [1.165, 1.54) is 24.0 Å². The molecular weight excluding hydrogens is 398 g/mol. The Morgan fingerprint density at radius 1 is 0.844 bits per heavy atom. The van der Waals surface area contributed by atoms with Crippen LogP contribution in [-0.2, 0) is 13.0 Å². The van der Waals surface area contributed by atoms with Crippen molar-refractivity contribution in [3.63, 3.8) is 0 Å².